The van der Waals surface area contributed by atoms with Crippen LogP contribution in [0.25, 0.3) is 0 Å². The lowest BCUT2D eigenvalue weighted by molar-refractivity contribution is -0.144. The van der Waals surface area contributed by atoms with Crippen molar-refractivity contribution >= 4 is 21.9 Å². The maximum atomic E-state index is 11.7. The molecule has 0 heterocycles. The SMILES string of the molecule is O=C(O)C1(c2ccc(Br)cc2)CCCCCC1. The van der Waals surface area contributed by atoms with Gasteiger partial charge >= 0.3 is 5.97 Å². The first-order valence-electron chi connectivity index (χ1n) is 6.15. The first-order chi connectivity index (χ1) is 8.15. The van der Waals surface area contributed by atoms with Gasteiger partial charge in [0.05, 0.1) is 5.41 Å². The summed E-state index contributed by atoms with van der Waals surface area (Å²) in [6, 6.07) is 7.77. The number of carbonyl (C=O) groups is 1. The minimum absolute atomic E-state index is 0.656. The second-order valence-corrected chi connectivity index (χ2v) is 5.72. The number of carboxylic acid groups (broad SMARTS) is 1. The van der Waals surface area contributed by atoms with Crippen LogP contribution in [-0.4, -0.2) is 11.1 Å². The maximum Gasteiger partial charge on any atom is 0.314 e. The van der Waals surface area contributed by atoms with Gasteiger partial charge < -0.3 is 5.11 Å². The molecule has 2 nitrogen and oxygen atoms in total. The van der Waals surface area contributed by atoms with E-state index >= 15 is 0 Å². The molecule has 0 bridgehead atoms. The van der Waals surface area contributed by atoms with Gasteiger partial charge in [0.25, 0.3) is 0 Å². The number of halogens is 1. The first kappa shape index (κ1) is 12.6. The number of aliphatic carboxylic acids is 1. The van der Waals surface area contributed by atoms with Crippen molar-refractivity contribution in [1.82, 2.24) is 0 Å². The molecule has 1 saturated carbocycles. The third-order valence-electron chi connectivity index (χ3n) is 3.76. The van der Waals surface area contributed by atoms with E-state index in [0.29, 0.717) is 0 Å². The molecular weight excluding hydrogens is 280 g/mol. The molecule has 1 N–H and O–H groups in total. The smallest absolute Gasteiger partial charge is 0.314 e. The zero-order valence-electron chi connectivity index (χ0n) is 9.79. The Bertz CT molecular complexity index is 389. The zero-order chi connectivity index (χ0) is 12.3. The highest BCUT2D eigenvalue weighted by molar-refractivity contribution is 9.10. The predicted octanol–water partition coefficient (Wildman–Crippen LogP) is 4.13. The van der Waals surface area contributed by atoms with Crippen LogP contribution in [0.1, 0.15) is 44.1 Å². The third-order valence-corrected chi connectivity index (χ3v) is 4.29. The molecule has 2 rings (SSSR count). The molecule has 0 radical (unpaired) electrons. The Kier molecular flexibility index (Phi) is 3.87. The van der Waals surface area contributed by atoms with Crippen LogP contribution in [0.5, 0.6) is 0 Å². The number of benzene rings is 1. The van der Waals surface area contributed by atoms with Crippen LogP contribution in [0.3, 0.4) is 0 Å². The van der Waals surface area contributed by atoms with E-state index in [0.717, 1.165) is 48.6 Å². The van der Waals surface area contributed by atoms with Gasteiger partial charge in [0.1, 0.15) is 0 Å². The molecule has 1 aromatic rings. The molecule has 92 valence electrons. The maximum absolute atomic E-state index is 11.7. The fraction of sp³-hybridized carbons (Fsp3) is 0.500. The van der Waals surface area contributed by atoms with Crippen molar-refractivity contribution in [3.8, 4) is 0 Å². The highest BCUT2D eigenvalue weighted by Gasteiger charge is 2.40. The van der Waals surface area contributed by atoms with Crippen LogP contribution in [0, 0.1) is 0 Å². The van der Waals surface area contributed by atoms with Crippen molar-refractivity contribution in [2.24, 2.45) is 0 Å². The zero-order valence-corrected chi connectivity index (χ0v) is 11.4. The van der Waals surface area contributed by atoms with Gasteiger partial charge in [-0.3, -0.25) is 4.79 Å². The molecule has 1 aromatic carbocycles. The summed E-state index contributed by atoms with van der Waals surface area (Å²) in [6.07, 6.45) is 5.88. The standard InChI is InChI=1S/C14H17BrO2/c15-12-7-5-11(6-8-12)14(13(16)17)9-3-1-2-4-10-14/h5-8H,1-4,9-10H2,(H,16,17). The normalized spacial score (nSPS) is 19.6. The van der Waals surface area contributed by atoms with Gasteiger partial charge in [-0.05, 0) is 30.5 Å². The van der Waals surface area contributed by atoms with Crippen molar-refractivity contribution < 1.29 is 9.90 Å². The lowest BCUT2D eigenvalue weighted by atomic mass is 9.74. The van der Waals surface area contributed by atoms with Crippen LogP contribution >= 0.6 is 15.9 Å². The average molecular weight is 297 g/mol. The Morgan fingerprint density at radius 1 is 1.06 bits per heavy atom. The summed E-state index contributed by atoms with van der Waals surface area (Å²) >= 11 is 3.39. The van der Waals surface area contributed by atoms with Gasteiger partial charge in [0.15, 0.2) is 0 Å². The summed E-state index contributed by atoms with van der Waals surface area (Å²) in [5, 5.41) is 9.62. The van der Waals surface area contributed by atoms with Crippen LogP contribution in [0.15, 0.2) is 28.7 Å². The van der Waals surface area contributed by atoms with E-state index in [1.807, 2.05) is 24.3 Å². The van der Waals surface area contributed by atoms with E-state index < -0.39 is 11.4 Å². The second-order valence-electron chi connectivity index (χ2n) is 4.81. The van der Waals surface area contributed by atoms with Crippen molar-refractivity contribution in [3.63, 3.8) is 0 Å². The molecule has 1 aliphatic carbocycles. The molecule has 0 saturated heterocycles. The fourth-order valence-corrected chi connectivity index (χ4v) is 2.99. The number of hydrogen-bond acceptors (Lipinski definition) is 1. The summed E-state index contributed by atoms with van der Waals surface area (Å²) in [5.74, 6) is -0.665. The quantitative estimate of drug-likeness (QED) is 0.833. The van der Waals surface area contributed by atoms with Crippen molar-refractivity contribution in [2.45, 2.75) is 43.9 Å². The van der Waals surface area contributed by atoms with Gasteiger partial charge in [-0.25, -0.2) is 0 Å². The first-order valence-corrected chi connectivity index (χ1v) is 6.94. The summed E-state index contributed by atoms with van der Waals surface area (Å²) in [6.45, 7) is 0. The van der Waals surface area contributed by atoms with Gasteiger partial charge in [-0.2, -0.15) is 0 Å². The average Bonchev–Trinajstić information content (AvgIpc) is 2.56. The van der Waals surface area contributed by atoms with Gasteiger partial charge in [-0.1, -0.05) is 53.7 Å². The summed E-state index contributed by atoms with van der Waals surface area (Å²) in [5.41, 5.74) is 0.298. The fourth-order valence-electron chi connectivity index (χ4n) is 2.73. The molecule has 0 unspecified atom stereocenters. The van der Waals surface area contributed by atoms with Crippen molar-refractivity contribution in [2.75, 3.05) is 0 Å². The number of rotatable bonds is 2. The molecule has 0 amide bonds. The highest BCUT2D eigenvalue weighted by atomic mass is 79.9. The highest BCUT2D eigenvalue weighted by Crippen LogP contribution is 2.39. The molecule has 0 aliphatic heterocycles. The Morgan fingerprint density at radius 2 is 1.59 bits per heavy atom. The Balaban J connectivity index is 2.39. The van der Waals surface area contributed by atoms with E-state index in [2.05, 4.69) is 15.9 Å². The Labute approximate surface area is 110 Å². The molecule has 0 atom stereocenters. The van der Waals surface area contributed by atoms with Crippen LogP contribution < -0.4 is 0 Å². The third kappa shape index (κ3) is 2.54. The molecule has 3 heteroatoms. The molecule has 0 aromatic heterocycles. The van der Waals surface area contributed by atoms with E-state index in [-0.39, 0.29) is 0 Å². The Morgan fingerprint density at radius 3 is 2.06 bits per heavy atom. The van der Waals surface area contributed by atoms with E-state index in [9.17, 15) is 9.90 Å². The van der Waals surface area contributed by atoms with Gasteiger partial charge in [0.2, 0.25) is 0 Å². The van der Waals surface area contributed by atoms with E-state index in [1.54, 1.807) is 0 Å². The summed E-state index contributed by atoms with van der Waals surface area (Å²) in [4.78, 5) is 11.7. The number of hydrogen-bond donors (Lipinski definition) is 1. The van der Waals surface area contributed by atoms with Crippen molar-refractivity contribution in [3.05, 3.63) is 34.3 Å². The molecule has 17 heavy (non-hydrogen) atoms. The number of carboxylic acids is 1. The van der Waals surface area contributed by atoms with Gasteiger partial charge in [0, 0.05) is 4.47 Å². The minimum atomic E-state index is -0.665. The minimum Gasteiger partial charge on any atom is -0.481 e. The molecular formula is C14H17BrO2. The summed E-state index contributed by atoms with van der Waals surface area (Å²) in [7, 11) is 0. The summed E-state index contributed by atoms with van der Waals surface area (Å²) < 4.78 is 0.996. The molecule has 1 aliphatic rings. The molecule has 1 fully saturated rings. The lowest BCUT2D eigenvalue weighted by Crippen LogP contribution is -2.35. The van der Waals surface area contributed by atoms with E-state index in [4.69, 9.17) is 0 Å². The largest absolute Gasteiger partial charge is 0.481 e. The van der Waals surface area contributed by atoms with Gasteiger partial charge in [-0.15, -0.1) is 0 Å². The predicted molar refractivity (Wildman–Crippen MR) is 71.2 cm³/mol. The molecule has 0 spiro atoms. The lowest BCUT2D eigenvalue weighted by Gasteiger charge is -2.28. The van der Waals surface area contributed by atoms with Crippen LogP contribution in [-0.2, 0) is 10.2 Å². The van der Waals surface area contributed by atoms with Crippen LogP contribution in [0.2, 0.25) is 0 Å². The Hall–Kier alpha value is -0.830. The van der Waals surface area contributed by atoms with E-state index in [1.165, 1.54) is 0 Å². The second kappa shape index (κ2) is 5.21. The monoisotopic (exact) mass is 296 g/mol. The van der Waals surface area contributed by atoms with Crippen molar-refractivity contribution in [1.29, 1.82) is 0 Å². The van der Waals surface area contributed by atoms with Crippen LogP contribution in [0.4, 0.5) is 0 Å². The topological polar surface area (TPSA) is 37.3 Å².